The van der Waals surface area contributed by atoms with E-state index < -0.39 is 4.92 Å². The van der Waals surface area contributed by atoms with Crippen LogP contribution in [0.2, 0.25) is 5.02 Å². The number of nitro groups is 1. The zero-order valence-electron chi connectivity index (χ0n) is 11.5. The van der Waals surface area contributed by atoms with Gasteiger partial charge in [-0.15, -0.1) is 0 Å². The largest absolute Gasteiger partial charge is 0.494 e. The van der Waals surface area contributed by atoms with Gasteiger partial charge < -0.3 is 10.1 Å². The van der Waals surface area contributed by atoms with Crippen LogP contribution in [-0.4, -0.2) is 11.5 Å². The molecule has 0 amide bonds. The fourth-order valence-electron chi connectivity index (χ4n) is 1.95. The second-order valence-corrected chi connectivity index (χ2v) is 4.73. The van der Waals surface area contributed by atoms with Gasteiger partial charge in [0, 0.05) is 6.54 Å². The Kier molecular flexibility index (Phi) is 5.00. The van der Waals surface area contributed by atoms with Crippen LogP contribution in [0.1, 0.15) is 12.5 Å². The van der Waals surface area contributed by atoms with E-state index in [2.05, 4.69) is 5.32 Å². The molecule has 0 heterocycles. The zero-order chi connectivity index (χ0) is 15.2. The van der Waals surface area contributed by atoms with E-state index in [0.717, 1.165) is 11.3 Å². The summed E-state index contributed by atoms with van der Waals surface area (Å²) in [5.41, 5.74) is 1.25. The number of benzene rings is 2. The van der Waals surface area contributed by atoms with Crippen molar-refractivity contribution in [3.63, 3.8) is 0 Å². The molecule has 0 fully saturated rings. The highest BCUT2D eigenvalue weighted by molar-refractivity contribution is 6.33. The fourth-order valence-corrected chi connectivity index (χ4v) is 2.20. The highest BCUT2D eigenvalue weighted by Gasteiger charge is 2.17. The van der Waals surface area contributed by atoms with Gasteiger partial charge >= 0.3 is 5.69 Å². The molecule has 1 N–H and O–H groups in total. The third-order valence-corrected chi connectivity index (χ3v) is 3.17. The molecule has 0 aliphatic carbocycles. The number of ether oxygens (including phenoxy) is 1. The van der Waals surface area contributed by atoms with Crippen LogP contribution in [0.25, 0.3) is 0 Å². The molecule has 2 aromatic rings. The van der Waals surface area contributed by atoms with Crippen molar-refractivity contribution in [3.8, 4) is 5.75 Å². The van der Waals surface area contributed by atoms with Crippen molar-refractivity contribution in [3.05, 3.63) is 63.2 Å². The van der Waals surface area contributed by atoms with E-state index in [1.54, 1.807) is 12.1 Å². The van der Waals surface area contributed by atoms with Gasteiger partial charge in [0.15, 0.2) is 0 Å². The summed E-state index contributed by atoms with van der Waals surface area (Å²) >= 11 is 5.87. The Balaban J connectivity index is 2.15. The molecule has 2 aromatic carbocycles. The summed E-state index contributed by atoms with van der Waals surface area (Å²) in [6, 6.07) is 12.4. The third-order valence-electron chi connectivity index (χ3n) is 2.86. The molecule has 2 rings (SSSR count). The van der Waals surface area contributed by atoms with Gasteiger partial charge in [-0.3, -0.25) is 10.1 Å². The minimum absolute atomic E-state index is 0.111. The molecular weight excluding hydrogens is 292 g/mol. The molecule has 0 saturated carbocycles. The first-order valence-corrected chi connectivity index (χ1v) is 6.88. The molecule has 5 nitrogen and oxygen atoms in total. The Morgan fingerprint density at radius 3 is 2.76 bits per heavy atom. The van der Waals surface area contributed by atoms with Crippen molar-refractivity contribution in [2.24, 2.45) is 0 Å². The number of anilines is 1. The Bertz CT molecular complexity index is 647. The zero-order valence-corrected chi connectivity index (χ0v) is 12.3. The fraction of sp³-hybridized carbons (Fsp3) is 0.200. The first kappa shape index (κ1) is 15.1. The number of halogens is 1. The number of nitrogens with zero attached hydrogens (tertiary/aromatic N) is 1. The topological polar surface area (TPSA) is 64.4 Å². The van der Waals surface area contributed by atoms with Crippen LogP contribution in [0.4, 0.5) is 11.4 Å². The summed E-state index contributed by atoms with van der Waals surface area (Å²) < 4.78 is 5.42. The monoisotopic (exact) mass is 306 g/mol. The van der Waals surface area contributed by atoms with Crippen molar-refractivity contribution >= 4 is 23.0 Å². The molecule has 110 valence electrons. The molecule has 6 heteroatoms. The van der Waals surface area contributed by atoms with Crippen molar-refractivity contribution in [2.75, 3.05) is 11.9 Å². The van der Waals surface area contributed by atoms with Gasteiger partial charge in [-0.25, -0.2) is 0 Å². The second kappa shape index (κ2) is 6.95. The molecule has 0 bridgehead atoms. The van der Waals surface area contributed by atoms with Crippen LogP contribution >= 0.6 is 11.6 Å². The predicted molar refractivity (Wildman–Crippen MR) is 83.0 cm³/mol. The molecule has 0 aliphatic heterocycles. The lowest BCUT2D eigenvalue weighted by Crippen LogP contribution is -2.03. The van der Waals surface area contributed by atoms with Gasteiger partial charge in [0.05, 0.1) is 11.5 Å². The molecular formula is C15H15ClN2O3. The maximum atomic E-state index is 11.1. The second-order valence-electron chi connectivity index (χ2n) is 4.33. The average Bonchev–Trinajstić information content (AvgIpc) is 2.45. The highest BCUT2D eigenvalue weighted by atomic mass is 35.5. The Morgan fingerprint density at radius 1 is 1.29 bits per heavy atom. The summed E-state index contributed by atoms with van der Waals surface area (Å²) in [5.74, 6) is 0.775. The number of nitro benzene ring substituents is 1. The normalized spacial score (nSPS) is 10.2. The third kappa shape index (κ3) is 3.86. The van der Waals surface area contributed by atoms with E-state index in [0.29, 0.717) is 18.8 Å². The maximum absolute atomic E-state index is 11.1. The van der Waals surface area contributed by atoms with Gasteiger partial charge in [-0.05, 0) is 36.8 Å². The minimum atomic E-state index is -0.485. The summed E-state index contributed by atoms with van der Waals surface area (Å²) in [6.07, 6.45) is 0. The van der Waals surface area contributed by atoms with Crippen molar-refractivity contribution < 1.29 is 9.66 Å². The van der Waals surface area contributed by atoms with E-state index in [9.17, 15) is 10.1 Å². The lowest BCUT2D eigenvalue weighted by atomic mass is 10.2. The first-order valence-electron chi connectivity index (χ1n) is 6.50. The smallest absolute Gasteiger partial charge is 0.310 e. The van der Waals surface area contributed by atoms with Crippen molar-refractivity contribution in [2.45, 2.75) is 13.5 Å². The number of nitrogens with one attached hydrogen (secondary N) is 1. The summed E-state index contributed by atoms with van der Waals surface area (Å²) in [4.78, 5) is 10.6. The first-order chi connectivity index (χ1) is 10.1. The van der Waals surface area contributed by atoms with Gasteiger partial charge in [-0.1, -0.05) is 29.8 Å². The number of para-hydroxylation sites is 1. The number of hydrogen-bond donors (Lipinski definition) is 1. The molecule has 0 aromatic heterocycles. The van der Waals surface area contributed by atoms with Gasteiger partial charge in [0.2, 0.25) is 0 Å². The van der Waals surface area contributed by atoms with Crippen molar-refractivity contribution in [1.29, 1.82) is 0 Å². The van der Waals surface area contributed by atoms with E-state index in [-0.39, 0.29) is 10.7 Å². The number of rotatable bonds is 6. The molecule has 0 spiro atoms. The quantitative estimate of drug-likeness (QED) is 0.640. The van der Waals surface area contributed by atoms with Gasteiger partial charge in [0.1, 0.15) is 16.5 Å². The van der Waals surface area contributed by atoms with E-state index in [1.165, 1.54) is 6.07 Å². The summed E-state index contributed by atoms with van der Waals surface area (Å²) in [6.45, 7) is 2.96. The van der Waals surface area contributed by atoms with E-state index in [4.69, 9.17) is 16.3 Å². The number of hydrogen-bond acceptors (Lipinski definition) is 4. The van der Waals surface area contributed by atoms with Crippen LogP contribution < -0.4 is 10.1 Å². The van der Waals surface area contributed by atoms with E-state index >= 15 is 0 Å². The average molecular weight is 307 g/mol. The molecule has 0 saturated heterocycles. The predicted octanol–water partition coefficient (Wildman–Crippen LogP) is 4.26. The van der Waals surface area contributed by atoms with Crippen LogP contribution in [-0.2, 0) is 6.54 Å². The van der Waals surface area contributed by atoms with E-state index in [1.807, 2.05) is 31.2 Å². The van der Waals surface area contributed by atoms with Crippen LogP contribution in [0.15, 0.2) is 42.5 Å². The molecule has 0 radical (unpaired) electrons. The Labute approximate surface area is 127 Å². The maximum Gasteiger partial charge on any atom is 0.310 e. The van der Waals surface area contributed by atoms with Crippen molar-refractivity contribution in [1.82, 2.24) is 0 Å². The lowest BCUT2D eigenvalue weighted by molar-refractivity contribution is -0.383. The Hall–Kier alpha value is -2.27. The molecule has 0 unspecified atom stereocenters. The summed E-state index contributed by atoms with van der Waals surface area (Å²) in [7, 11) is 0. The SMILES string of the molecule is CCOc1cccc(CNc2cccc(Cl)c2[N+](=O)[O-])c1. The minimum Gasteiger partial charge on any atom is -0.494 e. The molecule has 0 aliphatic rings. The van der Waals surface area contributed by atoms with Crippen LogP contribution in [0.3, 0.4) is 0 Å². The summed E-state index contributed by atoms with van der Waals surface area (Å²) in [5, 5.41) is 14.2. The molecule has 0 atom stereocenters. The Morgan fingerprint density at radius 2 is 2.05 bits per heavy atom. The lowest BCUT2D eigenvalue weighted by Gasteiger charge is -2.09. The highest BCUT2D eigenvalue weighted by Crippen LogP contribution is 2.32. The van der Waals surface area contributed by atoms with Crippen LogP contribution in [0.5, 0.6) is 5.75 Å². The standard InChI is InChI=1S/C15H15ClN2O3/c1-2-21-12-6-3-5-11(9-12)10-17-14-8-4-7-13(16)15(14)18(19)20/h3-9,17H,2,10H2,1H3. The molecule has 21 heavy (non-hydrogen) atoms. The van der Waals surface area contributed by atoms with Gasteiger partial charge in [0.25, 0.3) is 0 Å². The van der Waals surface area contributed by atoms with Gasteiger partial charge in [-0.2, -0.15) is 0 Å². The van der Waals surface area contributed by atoms with Crippen LogP contribution in [0, 0.1) is 10.1 Å².